The average molecular weight is 871 g/mol. The molecule has 0 aliphatic rings. The van der Waals surface area contributed by atoms with Crippen LogP contribution in [-0.4, -0.2) is 37.2 Å². The fourth-order valence-corrected chi connectivity index (χ4v) is 6.23. The van der Waals surface area contributed by atoms with Crippen molar-refractivity contribution in [2.75, 3.05) is 13.2 Å². The summed E-state index contributed by atoms with van der Waals surface area (Å²) in [5.74, 6) is -1.04. The van der Waals surface area contributed by atoms with E-state index >= 15 is 0 Å². The lowest BCUT2D eigenvalue weighted by Gasteiger charge is -2.18. The van der Waals surface area contributed by atoms with E-state index in [4.69, 9.17) is 14.2 Å². The van der Waals surface area contributed by atoms with E-state index < -0.39 is 6.10 Å². The first kappa shape index (κ1) is 58.8. The normalized spacial score (nSPS) is 13.1. The molecule has 0 unspecified atom stereocenters. The summed E-state index contributed by atoms with van der Waals surface area (Å²) in [5, 5.41) is 0. The number of hydrogen-bond donors (Lipinski definition) is 0. The van der Waals surface area contributed by atoms with Crippen molar-refractivity contribution in [1.82, 2.24) is 0 Å². The number of unbranched alkanes of at least 4 members (excludes halogenated alkanes) is 12. The van der Waals surface area contributed by atoms with Crippen LogP contribution < -0.4 is 0 Å². The van der Waals surface area contributed by atoms with Gasteiger partial charge in [-0.15, -0.1) is 0 Å². The van der Waals surface area contributed by atoms with Gasteiger partial charge in [0.2, 0.25) is 0 Å². The van der Waals surface area contributed by atoms with E-state index in [9.17, 15) is 14.4 Å². The maximum absolute atomic E-state index is 12.8. The summed E-state index contributed by atoms with van der Waals surface area (Å²) >= 11 is 0. The topological polar surface area (TPSA) is 78.9 Å². The molecular weight excluding hydrogens is 781 g/mol. The van der Waals surface area contributed by atoms with Gasteiger partial charge in [0.05, 0.1) is 0 Å². The van der Waals surface area contributed by atoms with Crippen molar-refractivity contribution in [2.45, 2.75) is 207 Å². The highest BCUT2D eigenvalue weighted by Gasteiger charge is 2.19. The van der Waals surface area contributed by atoms with Crippen molar-refractivity contribution < 1.29 is 28.6 Å². The lowest BCUT2D eigenvalue weighted by atomic mass is 10.1. The van der Waals surface area contributed by atoms with Gasteiger partial charge in [-0.2, -0.15) is 0 Å². The van der Waals surface area contributed by atoms with Gasteiger partial charge in [-0.1, -0.05) is 181 Å². The predicted octanol–water partition coefficient (Wildman–Crippen LogP) is 16.5. The minimum absolute atomic E-state index is 0.120. The molecule has 6 nitrogen and oxygen atoms in total. The van der Waals surface area contributed by atoms with Gasteiger partial charge < -0.3 is 14.2 Å². The summed E-state index contributed by atoms with van der Waals surface area (Å²) in [5.41, 5.74) is 0. The molecule has 0 saturated carbocycles. The second kappa shape index (κ2) is 50.5. The first-order chi connectivity index (χ1) is 31.0. The summed E-state index contributed by atoms with van der Waals surface area (Å²) < 4.78 is 16.7. The number of allylic oxidation sites excluding steroid dienone is 20. The monoisotopic (exact) mass is 871 g/mol. The Morgan fingerprint density at radius 1 is 0.333 bits per heavy atom. The molecular formula is C57H90O6. The molecule has 0 rings (SSSR count). The number of rotatable bonds is 43. The smallest absolute Gasteiger partial charge is 0.306 e. The maximum Gasteiger partial charge on any atom is 0.306 e. The van der Waals surface area contributed by atoms with Crippen molar-refractivity contribution in [3.05, 3.63) is 122 Å². The Morgan fingerprint density at radius 3 is 1.08 bits per heavy atom. The van der Waals surface area contributed by atoms with Gasteiger partial charge in [0.25, 0.3) is 0 Å². The van der Waals surface area contributed by atoms with Crippen LogP contribution in [0.1, 0.15) is 201 Å². The number of hydrogen-bond acceptors (Lipinski definition) is 6. The number of esters is 3. The molecule has 354 valence electrons. The molecule has 0 saturated heterocycles. The van der Waals surface area contributed by atoms with Crippen LogP contribution in [-0.2, 0) is 28.6 Å². The fourth-order valence-electron chi connectivity index (χ4n) is 6.23. The number of carbonyl (C=O) groups excluding carboxylic acids is 3. The third-order valence-corrected chi connectivity index (χ3v) is 9.93. The Bertz CT molecular complexity index is 1370. The number of ether oxygens (including phenoxy) is 3. The SMILES string of the molecule is CC/C=C\C/C=C\C/C=C\C/C=C\C/C=C\CCCC(=O)OC[C@@H](COC(=O)CCCCCCC/C=C\CCCCCC)OC(=O)CCCC/C=C\C/C=C\C/C=C\C/C=C\CC. The predicted molar refractivity (Wildman–Crippen MR) is 269 cm³/mol. The first-order valence-electron chi connectivity index (χ1n) is 25.0. The highest BCUT2D eigenvalue weighted by Crippen LogP contribution is 2.11. The maximum atomic E-state index is 12.8. The molecule has 0 aromatic rings. The van der Waals surface area contributed by atoms with Gasteiger partial charge in [0.15, 0.2) is 6.10 Å². The van der Waals surface area contributed by atoms with Crippen molar-refractivity contribution in [1.29, 1.82) is 0 Å². The Balaban J connectivity index is 4.58. The summed E-state index contributed by atoms with van der Waals surface area (Å²) in [4.78, 5) is 37.9. The van der Waals surface area contributed by atoms with Crippen LogP contribution in [0.2, 0.25) is 0 Å². The summed E-state index contributed by atoms with van der Waals surface area (Å²) in [6.45, 7) is 6.28. The van der Waals surface area contributed by atoms with E-state index in [1.807, 2.05) is 0 Å². The third-order valence-electron chi connectivity index (χ3n) is 9.93. The highest BCUT2D eigenvalue weighted by atomic mass is 16.6. The molecule has 0 radical (unpaired) electrons. The van der Waals surface area contributed by atoms with Crippen molar-refractivity contribution in [3.63, 3.8) is 0 Å². The molecule has 1 atom stereocenters. The van der Waals surface area contributed by atoms with Crippen molar-refractivity contribution in [3.8, 4) is 0 Å². The molecule has 0 fully saturated rings. The highest BCUT2D eigenvalue weighted by molar-refractivity contribution is 5.71. The minimum atomic E-state index is -0.828. The van der Waals surface area contributed by atoms with Crippen molar-refractivity contribution >= 4 is 17.9 Å². The van der Waals surface area contributed by atoms with Crippen LogP contribution in [0.25, 0.3) is 0 Å². The van der Waals surface area contributed by atoms with Gasteiger partial charge >= 0.3 is 17.9 Å². The molecule has 0 heterocycles. The molecule has 0 aliphatic heterocycles. The Labute approximate surface area is 386 Å². The average Bonchev–Trinajstić information content (AvgIpc) is 3.28. The van der Waals surface area contributed by atoms with Gasteiger partial charge in [0, 0.05) is 19.3 Å². The van der Waals surface area contributed by atoms with E-state index in [0.29, 0.717) is 19.3 Å². The van der Waals surface area contributed by atoms with Crippen LogP contribution in [0, 0.1) is 0 Å². The zero-order valence-electron chi connectivity index (χ0n) is 40.3. The van der Waals surface area contributed by atoms with Crippen LogP contribution in [0.5, 0.6) is 0 Å². The van der Waals surface area contributed by atoms with Gasteiger partial charge in [0.1, 0.15) is 13.2 Å². The summed E-state index contributed by atoms with van der Waals surface area (Å²) in [6.07, 6.45) is 69.0. The van der Waals surface area contributed by atoms with Gasteiger partial charge in [-0.05, 0) is 122 Å². The Kier molecular flexibility index (Phi) is 47.1. The summed E-state index contributed by atoms with van der Waals surface area (Å²) in [7, 11) is 0. The van der Waals surface area contributed by atoms with Crippen LogP contribution in [0.4, 0.5) is 0 Å². The zero-order chi connectivity index (χ0) is 45.8. The quantitative estimate of drug-likeness (QED) is 0.0263. The second-order valence-corrected chi connectivity index (χ2v) is 16.0. The third kappa shape index (κ3) is 48.7. The largest absolute Gasteiger partial charge is 0.462 e. The van der Waals surface area contributed by atoms with Gasteiger partial charge in [-0.25, -0.2) is 0 Å². The van der Waals surface area contributed by atoms with Crippen LogP contribution in [0.15, 0.2) is 122 Å². The molecule has 0 amide bonds. The minimum Gasteiger partial charge on any atom is -0.462 e. The molecule has 0 bridgehead atoms. The molecule has 0 aromatic heterocycles. The first-order valence-corrected chi connectivity index (χ1v) is 25.0. The van der Waals surface area contributed by atoms with Crippen LogP contribution >= 0.6 is 0 Å². The van der Waals surface area contributed by atoms with Gasteiger partial charge in [-0.3, -0.25) is 14.4 Å². The molecule has 0 aliphatic carbocycles. The van der Waals surface area contributed by atoms with E-state index in [-0.39, 0.29) is 44.0 Å². The van der Waals surface area contributed by atoms with E-state index in [1.54, 1.807) is 0 Å². The van der Waals surface area contributed by atoms with Crippen molar-refractivity contribution in [2.24, 2.45) is 0 Å². The summed E-state index contributed by atoms with van der Waals surface area (Å²) in [6, 6.07) is 0. The molecule has 0 spiro atoms. The lowest BCUT2D eigenvalue weighted by molar-refractivity contribution is -0.167. The Hall–Kier alpha value is -4.19. The molecule has 0 aromatic carbocycles. The van der Waals surface area contributed by atoms with Crippen LogP contribution in [0.3, 0.4) is 0 Å². The standard InChI is InChI=1S/C57H90O6/c1-4-7-10-13-16-19-22-25-27-28-30-32-35-38-41-44-47-50-56(59)62-53-54(52-61-55(58)49-46-43-40-37-34-31-24-21-18-15-12-9-6-3)63-57(60)51-48-45-42-39-36-33-29-26-23-20-17-14-11-8-5-2/h7-8,10-11,16-17,19-21,24-27,29-30,32,36,38-39,41,54H,4-6,9,12-15,18,22-23,28,31,33-35,37,40,42-53H2,1-3H3/b10-7-,11-8-,19-16-,20-17-,24-21-,27-25-,29-26-,32-30-,39-36-,41-38-/t54-/m1/s1. The van der Waals surface area contributed by atoms with E-state index in [2.05, 4.69) is 142 Å². The molecule has 0 N–H and O–H groups in total. The second-order valence-electron chi connectivity index (χ2n) is 16.0. The van der Waals surface area contributed by atoms with E-state index in [0.717, 1.165) is 109 Å². The number of carbonyl (C=O) groups is 3. The zero-order valence-corrected chi connectivity index (χ0v) is 40.3. The molecule has 6 heteroatoms. The molecule has 63 heavy (non-hydrogen) atoms. The van der Waals surface area contributed by atoms with E-state index in [1.165, 1.54) is 38.5 Å². The lowest BCUT2D eigenvalue weighted by Crippen LogP contribution is -2.30. The fraction of sp³-hybridized carbons (Fsp3) is 0.596. The Morgan fingerprint density at radius 2 is 0.635 bits per heavy atom.